The highest BCUT2D eigenvalue weighted by molar-refractivity contribution is 5.99. The lowest BCUT2D eigenvalue weighted by molar-refractivity contribution is -0.137. The van der Waals surface area contributed by atoms with Gasteiger partial charge in [0, 0.05) is 12.6 Å². The van der Waals surface area contributed by atoms with Gasteiger partial charge in [0.2, 0.25) is 0 Å². The summed E-state index contributed by atoms with van der Waals surface area (Å²) in [5.74, 6) is 0. The second kappa shape index (κ2) is 3.77. The molecule has 2 heterocycles. The Morgan fingerprint density at radius 3 is 2.56 bits per heavy atom. The normalized spacial score (nSPS) is 20.5. The maximum atomic E-state index is 12.3. The van der Waals surface area contributed by atoms with Gasteiger partial charge in [0.05, 0.1) is 11.3 Å². The fraction of sp³-hybridized carbons (Fsp3) is 0.400. The number of pyridine rings is 1. The van der Waals surface area contributed by atoms with Crippen LogP contribution < -0.4 is 0 Å². The first-order valence-electron chi connectivity index (χ1n) is 4.73. The van der Waals surface area contributed by atoms with Gasteiger partial charge in [-0.3, -0.25) is 4.98 Å². The van der Waals surface area contributed by atoms with Crippen molar-refractivity contribution in [2.24, 2.45) is 5.16 Å². The van der Waals surface area contributed by atoms with E-state index in [0.717, 1.165) is 12.3 Å². The van der Waals surface area contributed by atoms with Gasteiger partial charge in [-0.1, -0.05) is 5.16 Å². The Bertz CT molecular complexity index is 411. The molecule has 1 aliphatic heterocycles. The molecule has 0 fully saturated rings. The maximum Gasteiger partial charge on any atom is 0.417 e. The van der Waals surface area contributed by atoms with Crippen LogP contribution in [0.3, 0.4) is 0 Å². The van der Waals surface area contributed by atoms with Crippen molar-refractivity contribution in [1.29, 1.82) is 0 Å². The summed E-state index contributed by atoms with van der Waals surface area (Å²) in [6.07, 6.45) is -3.02. The van der Waals surface area contributed by atoms with Gasteiger partial charge >= 0.3 is 6.18 Å². The number of halogens is 3. The van der Waals surface area contributed by atoms with Crippen LogP contribution in [0, 0.1) is 0 Å². The van der Waals surface area contributed by atoms with Crippen molar-refractivity contribution in [2.45, 2.75) is 25.6 Å². The van der Waals surface area contributed by atoms with Crippen LogP contribution in [0.5, 0.6) is 0 Å². The van der Waals surface area contributed by atoms with Crippen LogP contribution in [0.15, 0.2) is 23.5 Å². The van der Waals surface area contributed by atoms with Crippen molar-refractivity contribution in [2.75, 3.05) is 0 Å². The molecule has 0 N–H and O–H groups in total. The van der Waals surface area contributed by atoms with Crippen LogP contribution in [-0.2, 0) is 11.0 Å². The number of alkyl halides is 3. The van der Waals surface area contributed by atoms with Gasteiger partial charge in [0.1, 0.15) is 11.8 Å². The van der Waals surface area contributed by atoms with E-state index in [4.69, 9.17) is 4.84 Å². The highest BCUT2D eigenvalue weighted by Gasteiger charge is 2.31. The molecule has 0 bridgehead atoms. The van der Waals surface area contributed by atoms with Crippen molar-refractivity contribution < 1.29 is 18.0 Å². The smallest absolute Gasteiger partial charge is 0.392 e. The van der Waals surface area contributed by atoms with E-state index in [-0.39, 0.29) is 6.10 Å². The fourth-order valence-corrected chi connectivity index (χ4v) is 1.38. The van der Waals surface area contributed by atoms with Gasteiger partial charge in [-0.05, 0) is 19.1 Å². The van der Waals surface area contributed by atoms with Crippen molar-refractivity contribution in [3.8, 4) is 0 Å². The molecule has 0 spiro atoms. The summed E-state index contributed by atoms with van der Waals surface area (Å²) in [5.41, 5.74) is 0.252. The third-order valence-electron chi connectivity index (χ3n) is 2.21. The van der Waals surface area contributed by atoms with E-state index < -0.39 is 11.7 Å². The summed E-state index contributed by atoms with van der Waals surface area (Å²) in [5, 5.41) is 3.75. The third kappa shape index (κ3) is 2.15. The number of hydrogen-bond donors (Lipinski definition) is 0. The van der Waals surface area contributed by atoms with Crippen molar-refractivity contribution >= 4 is 5.71 Å². The van der Waals surface area contributed by atoms with Gasteiger partial charge in [0.25, 0.3) is 0 Å². The van der Waals surface area contributed by atoms with E-state index in [1.807, 2.05) is 6.92 Å². The molecule has 86 valence electrons. The van der Waals surface area contributed by atoms with Crippen LogP contribution in [-0.4, -0.2) is 16.8 Å². The van der Waals surface area contributed by atoms with Crippen molar-refractivity contribution in [1.82, 2.24) is 4.98 Å². The molecule has 0 saturated heterocycles. The van der Waals surface area contributed by atoms with Gasteiger partial charge in [-0.2, -0.15) is 13.2 Å². The van der Waals surface area contributed by atoms with E-state index in [9.17, 15) is 13.2 Å². The van der Waals surface area contributed by atoms with Crippen LogP contribution in [0.2, 0.25) is 0 Å². The minimum Gasteiger partial charge on any atom is -0.392 e. The molecule has 6 heteroatoms. The Balaban J connectivity index is 2.20. The third-order valence-corrected chi connectivity index (χ3v) is 2.21. The molecule has 1 atom stereocenters. The molecule has 16 heavy (non-hydrogen) atoms. The highest BCUT2D eigenvalue weighted by atomic mass is 19.4. The Morgan fingerprint density at radius 1 is 1.38 bits per heavy atom. The zero-order chi connectivity index (χ0) is 11.8. The summed E-state index contributed by atoms with van der Waals surface area (Å²) in [6.45, 7) is 1.83. The fourth-order valence-electron chi connectivity index (χ4n) is 1.38. The van der Waals surface area contributed by atoms with E-state index in [2.05, 4.69) is 10.1 Å². The molecule has 0 amide bonds. The number of oxime groups is 1. The number of nitrogens with zero attached hydrogens (tertiary/aromatic N) is 2. The molecular weight excluding hydrogens is 221 g/mol. The van der Waals surface area contributed by atoms with Gasteiger partial charge in [-0.25, -0.2) is 0 Å². The predicted octanol–water partition coefficient (Wildman–Crippen LogP) is 2.61. The van der Waals surface area contributed by atoms with Gasteiger partial charge in [-0.15, -0.1) is 0 Å². The SMILES string of the molecule is CC1CC(c2ccc(C(F)(F)F)cn2)=NO1. The molecule has 0 aliphatic carbocycles. The molecule has 0 aromatic carbocycles. The van der Waals surface area contributed by atoms with Crippen LogP contribution in [0.1, 0.15) is 24.6 Å². The van der Waals surface area contributed by atoms with E-state index >= 15 is 0 Å². The van der Waals surface area contributed by atoms with Gasteiger partial charge < -0.3 is 4.84 Å². The van der Waals surface area contributed by atoms with Crippen LogP contribution in [0.25, 0.3) is 0 Å². The van der Waals surface area contributed by atoms with Gasteiger partial charge in [0.15, 0.2) is 0 Å². The molecule has 1 unspecified atom stereocenters. The Labute approximate surface area is 89.9 Å². The monoisotopic (exact) mass is 230 g/mol. The second-order valence-corrected chi connectivity index (χ2v) is 3.59. The van der Waals surface area contributed by atoms with Crippen LogP contribution >= 0.6 is 0 Å². The van der Waals surface area contributed by atoms with E-state index in [0.29, 0.717) is 17.8 Å². The van der Waals surface area contributed by atoms with E-state index in [1.54, 1.807) is 0 Å². The molecule has 1 aromatic rings. The maximum absolute atomic E-state index is 12.3. The first kappa shape index (κ1) is 10.9. The standard InChI is InChI=1S/C10H9F3N2O/c1-6-4-9(15-16-6)8-3-2-7(5-14-8)10(11,12)13/h2-3,5-6H,4H2,1H3. The second-order valence-electron chi connectivity index (χ2n) is 3.59. The molecule has 1 aromatic heterocycles. The molecule has 2 rings (SSSR count). The molecule has 1 aliphatic rings. The highest BCUT2D eigenvalue weighted by Crippen LogP contribution is 2.28. The molecule has 3 nitrogen and oxygen atoms in total. The lowest BCUT2D eigenvalue weighted by Gasteiger charge is -2.06. The summed E-state index contributed by atoms with van der Waals surface area (Å²) in [4.78, 5) is 8.67. The molecular formula is C10H9F3N2O. The number of aromatic nitrogens is 1. The topological polar surface area (TPSA) is 34.5 Å². The number of hydrogen-bond acceptors (Lipinski definition) is 3. The Morgan fingerprint density at radius 2 is 2.12 bits per heavy atom. The summed E-state index contributed by atoms with van der Waals surface area (Å²) in [6, 6.07) is 2.30. The average molecular weight is 230 g/mol. The summed E-state index contributed by atoms with van der Waals surface area (Å²) < 4.78 is 36.8. The zero-order valence-corrected chi connectivity index (χ0v) is 8.45. The number of rotatable bonds is 1. The van der Waals surface area contributed by atoms with E-state index in [1.165, 1.54) is 6.07 Å². The van der Waals surface area contributed by atoms with Crippen LogP contribution in [0.4, 0.5) is 13.2 Å². The minimum absolute atomic E-state index is 0.0425. The minimum atomic E-state index is -4.35. The molecule has 0 radical (unpaired) electrons. The predicted molar refractivity (Wildman–Crippen MR) is 50.9 cm³/mol. The Hall–Kier alpha value is -1.59. The first-order valence-corrected chi connectivity index (χ1v) is 4.73. The quantitative estimate of drug-likeness (QED) is 0.743. The summed E-state index contributed by atoms with van der Waals surface area (Å²) in [7, 11) is 0. The molecule has 0 saturated carbocycles. The Kier molecular flexibility index (Phi) is 2.57. The average Bonchev–Trinajstić information content (AvgIpc) is 2.64. The lowest BCUT2D eigenvalue weighted by Crippen LogP contribution is -2.09. The largest absolute Gasteiger partial charge is 0.417 e. The zero-order valence-electron chi connectivity index (χ0n) is 8.45. The van der Waals surface area contributed by atoms with Crippen molar-refractivity contribution in [3.63, 3.8) is 0 Å². The lowest BCUT2D eigenvalue weighted by atomic mass is 10.1. The first-order chi connectivity index (χ1) is 7.47. The van der Waals surface area contributed by atoms with Crippen molar-refractivity contribution in [3.05, 3.63) is 29.6 Å². The summed E-state index contributed by atoms with van der Waals surface area (Å²) >= 11 is 0.